The Bertz CT molecular complexity index is 1310. The molecule has 10 heteroatoms. The van der Waals surface area contributed by atoms with Crippen molar-refractivity contribution in [3.05, 3.63) is 59.9 Å². The lowest BCUT2D eigenvalue weighted by atomic mass is 10.0. The molecular formula is C26H26F3N5S2. The van der Waals surface area contributed by atoms with Crippen molar-refractivity contribution in [2.24, 2.45) is 0 Å². The van der Waals surface area contributed by atoms with E-state index in [-0.39, 0.29) is 6.04 Å². The molecule has 0 N–H and O–H groups in total. The molecule has 0 radical (unpaired) electrons. The molecule has 0 spiro atoms. The van der Waals surface area contributed by atoms with Crippen LogP contribution in [0.1, 0.15) is 25.3 Å². The lowest BCUT2D eigenvalue weighted by molar-refractivity contribution is -0.137. The Hall–Kier alpha value is -2.85. The molecule has 36 heavy (non-hydrogen) atoms. The van der Waals surface area contributed by atoms with E-state index in [2.05, 4.69) is 67.6 Å². The number of hydrogen-bond acceptors (Lipinski definition) is 7. The number of alkyl halides is 3. The second-order valence-electron chi connectivity index (χ2n) is 8.66. The summed E-state index contributed by atoms with van der Waals surface area (Å²) in [7, 11) is 0. The molecule has 3 aromatic heterocycles. The summed E-state index contributed by atoms with van der Waals surface area (Å²) in [6.07, 6.45) is 2.00. The molecule has 1 aliphatic heterocycles. The van der Waals surface area contributed by atoms with E-state index in [0.717, 1.165) is 71.9 Å². The molecule has 0 aliphatic carbocycles. The SMILES string of the molecule is CCN(c1ncnc2c(-c3ccc(SC)cc3)csc12)C1CCN(c2ccc(C(F)(F)F)cn2)CC1. The Balaban J connectivity index is 1.34. The number of piperidine rings is 1. The van der Waals surface area contributed by atoms with Gasteiger partial charge < -0.3 is 9.80 Å². The molecule has 0 atom stereocenters. The number of benzene rings is 1. The Morgan fingerprint density at radius 2 is 1.81 bits per heavy atom. The van der Waals surface area contributed by atoms with Gasteiger partial charge in [0.05, 0.1) is 15.8 Å². The third kappa shape index (κ3) is 4.88. The predicted molar refractivity (Wildman–Crippen MR) is 142 cm³/mol. The van der Waals surface area contributed by atoms with E-state index in [1.807, 2.05) is 0 Å². The van der Waals surface area contributed by atoms with Crippen LogP contribution >= 0.6 is 23.1 Å². The Morgan fingerprint density at radius 3 is 2.42 bits per heavy atom. The number of fused-ring (bicyclic) bond motifs is 1. The van der Waals surface area contributed by atoms with Gasteiger partial charge in [0.2, 0.25) is 0 Å². The number of rotatable bonds is 6. The first-order chi connectivity index (χ1) is 17.4. The summed E-state index contributed by atoms with van der Waals surface area (Å²) < 4.78 is 39.7. The molecule has 1 aliphatic rings. The zero-order chi connectivity index (χ0) is 25.3. The molecule has 4 heterocycles. The standard InChI is InChI=1S/C26H26F3N5S2/c1-3-34(19-10-12-33(13-11-19)22-9-6-18(14-30-22)26(27,28)29)25-24-23(31-16-32-25)21(15-36-24)17-4-7-20(35-2)8-5-17/h4-9,14-16,19H,3,10-13H2,1-2H3. The Kier molecular flexibility index (Phi) is 7.07. The highest BCUT2D eigenvalue weighted by Crippen LogP contribution is 2.39. The quantitative estimate of drug-likeness (QED) is 0.251. The number of hydrogen-bond donors (Lipinski definition) is 0. The second-order valence-corrected chi connectivity index (χ2v) is 10.4. The van der Waals surface area contributed by atoms with Crippen LogP contribution in [0.4, 0.5) is 24.8 Å². The molecule has 0 unspecified atom stereocenters. The molecule has 0 saturated carbocycles. The summed E-state index contributed by atoms with van der Waals surface area (Å²) >= 11 is 3.39. The molecular weight excluding hydrogens is 503 g/mol. The van der Waals surface area contributed by atoms with E-state index in [1.54, 1.807) is 29.4 Å². The van der Waals surface area contributed by atoms with Gasteiger partial charge in [0.1, 0.15) is 18.0 Å². The summed E-state index contributed by atoms with van der Waals surface area (Å²) in [5.41, 5.74) is 2.50. The van der Waals surface area contributed by atoms with Crippen LogP contribution in [0.5, 0.6) is 0 Å². The van der Waals surface area contributed by atoms with Crippen LogP contribution in [-0.4, -0.2) is 46.9 Å². The van der Waals surface area contributed by atoms with Gasteiger partial charge in [-0.05, 0) is 55.9 Å². The summed E-state index contributed by atoms with van der Waals surface area (Å²) in [5, 5.41) is 2.16. The normalized spacial score (nSPS) is 15.0. The van der Waals surface area contributed by atoms with Gasteiger partial charge in [0, 0.05) is 47.7 Å². The molecule has 1 fully saturated rings. The van der Waals surface area contributed by atoms with E-state index >= 15 is 0 Å². The fourth-order valence-electron chi connectivity index (χ4n) is 4.75. The van der Waals surface area contributed by atoms with Crippen LogP contribution in [0.25, 0.3) is 21.3 Å². The third-order valence-corrected chi connectivity index (χ3v) is 8.36. The van der Waals surface area contributed by atoms with Crippen LogP contribution < -0.4 is 9.80 Å². The first-order valence-corrected chi connectivity index (χ1v) is 13.9. The van der Waals surface area contributed by atoms with Crippen molar-refractivity contribution < 1.29 is 13.2 Å². The molecule has 5 nitrogen and oxygen atoms in total. The summed E-state index contributed by atoms with van der Waals surface area (Å²) in [6, 6.07) is 11.4. The smallest absolute Gasteiger partial charge is 0.356 e. The van der Waals surface area contributed by atoms with Crippen LogP contribution in [0.15, 0.2) is 59.2 Å². The number of anilines is 2. The molecule has 1 aromatic carbocycles. The summed E-state index contributed by atoms with van der Waals surface area (Å²) in [5.74, 6) is 1.54. The van der Waals surface area contributed by atoms with Crippen LogP contribution in [-0.2, 0) is 6.18 Å². The first-order valence-electron chi connectivity index (χ1n) is 11.8. The van der Waals surface area contributed by atoms with Crippen LogP contribution in [0, 0.1) is 0 Å². The minimum absolute atomic E-state index is 0.283. The van der Waals surface area contributed by atoms with E-state index in [1.165, 1.54) is 11.0 Å². The van der Waals surface area contributed by atoms with Crippen LogP contribution in [0.3, 0.4) is 0 Å². The van der Waals surface area contributed by atoms with Crippen molar-refractivity contribution >= 4 is 45.0 Å². The average Bonchev–Trinajstić information content (AvgIpc) is 3.34. The van der Waals surface area contributed by atoms with E-state index in [0.29, 0.717) is 5.82 Å². The van der Waals surface area contributed by atoms with Gasteiger partial charge in [-0.25, -0.2) is 15.0 Å². The van der Waals surface area contributed by atoms with Gasteiger partial charge >= 0.3 is 6.18 Å². The first kappa shape index (κ1) is 24.8. The zero-order valence-electron chi connectivity index (χ0n) is 20.0. The molecule has 4 aromatic rings. The predicted octanol–water partition coefficient (Wildman–Crippen LogP) is 6.99. The highest BCUT2D eigenvalue weighted by molar-refractivity contribution is 7.98. The maximum Gasteiger partial charge on any atom is 0.417 e. The van der Waals surface area contributed by atoms with Gasteiger partial charge in [0.15, 0.2) is 0 Å². The molecule has 0 bridgehead atoms. The maximum absolute atomic E-state index is 12.9. The van der Waals surface area contributed by atoms with Crippen molar-refractivity contribution in [1.29, 1.82) is 0 Å². The van der Waals surface area contributed by atoms with Crippen molar-refractivity contribution in [2.75, 3.05) is 35.7 Å². The Morgan fingerprint density at radius 1 is 1.06 bits per heavy atom. The fourth-order valence-corrected chi connectivity index (χ4v) is 6.19. The molecule has 188 valence electrons. The second kappa shape index (κ2) is 10.3. The average molecular weight is 530 g/mol. The highest BCUT2D eigenvalue weighted by Gasteiger charge is 2.32. The van der Waals surface area contributed by atoms with Gasteiger partial charge in [-0.3, -0.25) is 0 Å². The zero-order valence-corrected chi connectivity index (χ0v) is 21.6. The number of nitrogens with zero attached hydrogens (tertiary/aromatic N) is 5. The van der Waals surface area contributed by atoms with E-state index in [9.17, 15) is 13.2 Å². The van der Waals surface area contributed by atoms with Crippen LogP contribution in [0.2, 0.25) is 0 Å². The summed E-state index contributed by atoms with van der Waals surface area (Å²) in [6.45, 7) is 4.40. The van der Waals surface area contributed by atoms with Crippen molar-refractivity contribution in [3.63, 3.8) is 0 Å². The largest absolute Gasteiger partial charge is 0.417 e. The number of pyridine rings is 1. The third-order valence-electron chi connectivity index (χ3n) is 6.65. The minimum Gasteiger partial charge on any atom is -0.356 e. The van der Waals surface area contributed by atoms with Gasteiger partial charge in [-0.2, -0.15) is 13.2 Å². The van der Waals surface area contributed by atoms with Crippen molar-refractivity contribution in [2.45, 2.75) is 36.9 Å². The Labute approximate surface area is 216 Å². The van der Waals surface area contributed by atoms with E-state index < -0.39 is 11.7 Å². The van der Waals surface area contributed by atoms with Gasteiger partial charge in [0.25, 0.3) is 0 Å². The fraction of sp³-hybridized carbons (Fsp3) is 0.346. The number of thiophene rings is 1. The topological polar surface area (TPSA) is 45.2 Å². The lowest BCUT2D eigenvalue weighted by Crippen LogP contribution is -2.45. The highest BCUT2D eigenvalue weighted by atomic mass is 32.2. The summed E-state index contributed by atoms with van der Waals surface area (Å²) in [4.78, 5) is 19.0. The van der Waals surface area contributed by atoms with E-state index in [4.69, 9.17) is 0 Å². The van der Waals surface area contributed by atoms with Crippen molar-refractivity contribution in [3.8, 4) is 11.1 Å². The number of aromatic nitrogens is 3. The van der Waals surface area contributed by atoms with Crippen molar-refractivity contribution in [1.82, 2.24) is 15.0 Å². The molecule has 5 rings (SSSR count). The molecule has 0 amide bonds. The monoisotopic (exact) mass is 529 g/mol. The molecule has 1 saturated heterocycles. The maximum atomic E-state index is 12.9. The number of thioether (sulfide) groups is 1. The lowest BCUT2D eigenvalue weighted by Gasteiger charge is -2.39. The van der Waals surface area contributed by atoms with Gasteiger partial charge in [-0.15, -0.1) is 23.1 Å². The van der Waals surface area contributed by atoms with Gasteiger partial charge in [-0.1, -0.05) is 12.1 Å². The minimum atomic E-state index is -4.37. The number of halogens is 3.